The van der Waals surface area contributed by atoms with Gasteiger partial charge in [0.1, 0.15) is 0 Å². The van der Waals surface area contributed by atoms with Crippen LogP contribution < -0.4 is 0 Å². The summed E-state index contributed by atoms with van der Waals surface area (Å²) in [6.45, 7) is 8.68. The molecule has 2 unspecified atom stereocenters. The van der Waals surface area contributed by atoms with Gasteiger partial charge in [-0.25, -0.2) is 0 Å². The third-order valence-corrected chi connectivity index (χ3v) is 3.50. The highest BCUT2D eigenvalue weighted by molar-refractivity contribution is 5.38. The van der Waals surface area contributed by atoms with E-state index in [1.165, 1.54) is 30.6 Å². The minimum Gasteiger partial charge on any atom is -0.296 e. The van der Waals surface area contributed by atoms with Gasteiger partial charge in [0, 0.05) is 30.9 Å². The van der Waals surface area contributed by atoms with E-state index in [1.807, 2.05) is 20.0 Å². The van der Waals surface area contributed by atoms with Gasteiger partial charge in [-0.05, 0) is 30.2 Å². The maximum Gasteiger partial charge on any atom is 0.0358 e. The molecule has 3 rings (SSSR count). The summed E-state index contributed by atoms with van der Waals surface area (Å²) in [6.07, 6.45) is 5.31. The van der Waals surface area contributed by atoms with Crippen LogP contribution in [0, 0.1) is 0 Å². The smallest absolute Gasteiger partial charge is 0.0358 e. The first kappa shape index (κ1) is 10.6. The van der Waals surface area contributed by atoms with Gasteiger partial charge in [-0.15, -0.1) is 0 Å². The standard InChI is InChI=1S/C11H14N2.C2H6/c1-2-13-7-8-5-11(13)9-3-4-12-6-10(8)9;1-2/h3-4,6,8,11H,2,5,7H2,1H3;1-2H3. The molecule has 2 heteroatoms. The average Bonchev–Trinajstić information content (AvgIpc) is 2.90. The molecule has 82 valence electrons. The molecule has 15 heavy (non-hydrogen) atoms. The summed E-state index contributed by atoms with van der Waals surface area (Å²) in [7, 11) is 0. The van der Waals surface area contributed by atoms with E-state index in [2.05, 4.69) is 29.1 Å². The zero-order valence-corrected chi connectivity index (χ0v) is 9.90. The summed E-state index contributed by atoms with van der Waals surface area (Å²) in [6, 6.07) is 2.90. The number of likely N-dealkylation sites (tertiary alicyclic amines) is 1. The Kier molecular flexibility index (Phi) is 3.06. The Morgan fingerprint density at radius 1 is 1.40 bits per heavy atom. The van der Waals surface area contributed by atoms with Gasteiger partial charge in [-0.3, -0.25) is 9.88 Å². The molecule has 2 nitrogen and oxygen atoms in total. The van der Waals surface area contributed by atoms with Crippen LogP contribution >= 0.6 is 0 Å². The highest BCUT2D eigenvalue weighted by atomic mass is 15.2. The van der Waals surface area contributed by atoms with Crippen molar-refractivity contribution in [2.24, 2.45) is 0 Å². The fourth-order valence-electron chi connectivity index (χ4n) is 2.86. The molecular weight excluding hydrogens is 184 g/mol. The molecule has 1 aromatic rings. The van der Waals surface area contributed by atoms with Gasteiger partial charge in [-0.1, -0.05) is 20.8 Å². The molecule has 1 fully saturated rings. The summed E-state index contributed by atoms with van der Waals surface area (Å²) in [4.78, 5) is 6.78. The molecular formula is C13H20N2. The quantitative estimate of drug-likeness (QED) is 0.699. The fraction of sp³-hybridized carbons (Fsp3) is 0.615. The van der Waals surface area contributed by atoms with Gasteiger partial charge in [0.25, 0.3) is 0 Å². The highest BCUT2D eigenvalue weighted by Gasteiger charge is 2.41. The maximum atomic E-state index is 4.21. The lowest BCUT2D eigenvalue weighted by atomic mass is 10.0. The molecule has 1 aromatic heterocycles. The summed E-state index contributed by atoms with van der Waals surface area (Å²) < 4.78 is 0. The van der Waals surface area contributed by atoms with Gasteiger partial charge in [-0.2, -0.15) is 0 Å². The Labute approximate surface area is 92.3 Å². The maximum absolute atomic E-state index is 4.21. The van der Waals surface area contributed by atoms with Gasteiger partial charge < -0.3 is 0 Å². The molecule has 0 amide bonds. The Morgan fingerprint density at radius 2 is 2.20 bits per heavy atom. The number of fused-ring (bicyclic) bond motifs is 5. The van der Waals surface area contributed by atoms with Gasteiger partial charge in [0.2, 0.25) is 0 Å². The monoisotopic (exact) mass is 204 g/mol. The fourth-order valence-corrected chi connectivity index (χ4v) is 2.86. The largest absolute Gasteiger partial charge is 0.296 e. The SMILES string of the molecule is CC.CCN1CC2CC1c1ccncc12. The predicted octanol–water partition coefficient (Wildman–Crippen LogP) is 2.97. The molecule has 1 aliphatic heterocycles. The van der Waals surface area contributed by atoms with E-state index in [9.17, 15) is 0 Å². The zero-order valence-electron chi connectivity index (χ0n) is 9.90. The lowest BCUT2D eigenvalue weighted by Crippen LogP contribution is -2.27. The van der Waals surface area contributed by atoms with E-state index in [4.69, 9.17) is 0 Å². The molecule has 2 aliphatic rings. The molecule has 1 saturated heterocycles. The van der Waals surface area contributed by atoms with E-state index in [0.29, 0.717) is 6.04 Å². The second-order valence-electron chi connectivity index (χ2n) is 4.04. The summed E-state index contributed by atoms with van der Waals surface area (Å²) >= 11 is 0. The van der Waals surface area contributed by atoms with Crippen molar-refractivity contribution in [1.29, 1.82) is 0 Å². The molecule has 2 atom stereocenters. The van der Waals surface area contributed by atoms with Crippen LogP contribution in [0.25, 0.3) is 0 Å². The van der Waals surface area contributed by atoms with Gasteiger partial charge in [0.05, 0.1) is 0 Å². The molecule has 0 spiro atoms. The lowest BCUT2D eigenvalue weighted by molar-refractivity contribution is 0.262. The molecule has 2 heterocycles. The van der Waals surface area contributed by atoms with E-state index < -0.39 is 0 Å². The van der Waals surface area contributed by atoms with Crippen LogP contribution in [0.3, 0.4) is 0 Å². The van der Waals surface area contributed by atoms with Crippen LogP contribution in [0.15, 0.2) is 18.5 Å². The van der Waals surface area contributed by atoms with Crippen molar-refractivity contribution in [2.75, 3.05) is 13.1 Å². The second kappa shape index (κ2) is 4.31. The normalized spacial score (nSPS) is 27.1. The van der Waals surface area contributed by atoms with Crippen molar-refractivity contribution in [1.82, 2.24) is 9.88 Å². The number of rotatable bonds is 1. The topological polar surface area (TPSA) is 16.1 Å². The summed E-state index contributed by atoms with van der Waals surface area (Å²) in [5.41, 5.74) is 3.05. The number of likely N-dealkylation sites (N-methyl/N-ethyl adjacent to an activating group) is 1. The first-order valence-corrected chi connectivity index (χ1v) is 6.08. The minimum absolute atomic E-state index is 0.702. The first-order valence-electron chi connectivity index (χ1n) is 6.08. The van der Waals surface area contributed by atoms with Crippen molar-refractivity contribution >= 4 is 0 Å². The summed E-state index contributed by atoms with van der Waals surface area (Å²) in [5.74, 6) is 0.772. The number of hydrogen-bond acceptors (Lipinski definition) is 2. The average molecular weight is 204 g/mol. The third-order valence-electron chi connectivity index (χ3n) is 3.50. The van der Waals surface area contributed by atoms with Crippen LogP contribution in [-0.2, 0) is 0 Å². The van der Waals surface area contributed by atoms with Gasteiger partial charge >= 0.3 is 0 Å². The Bertz CT molecular complexity index is 333. The summed E-state index contributed by atoms with van der Waals surface area (Å²) in [5, 5.41) is 0. The molecule has 2 bridgehead atoms. The van der Waals surface area contributed by atoms with Crippen LogP contribution in [0.4, 0.5) is 0 Å². The van der Waals surface area contributed by atoms with Crippen LogP contribution in [0.1, 0.15) is 50.3 Å². The number of hydrogen-bond donors (Lipinski definition) is 0. The highest BCUT2D eigenvalue weighted by Crippen LogP contribution is 2.49. The number of aromatic nitrogens is 1. The molecule has 0 saturated carbocycles. The van der Waals surface area contributed by atoms with E-state index in [1.54, 1.807) is 0 Å². The molecule has 0 aromatic carbocycles. The number of pyridine rings is 1. The molecule has 0 N–H and O–H groups in total. The lowest BCUT2D eigenvalue weighted by Gasteiger charge is -2.26. The first-order chi connectivity index (χ1) is 7.40. The van der Waals surface area contributed by atoms with Crippen LogP contribution in [0.2, 0.25) is 0 Å². The van der Waals surface area contributed by atoms with E-state index >= 15 is 0 Å². The molecule has 1 aliphatic carbocycles. The minimum atomic E-state index is 0.702. The van der Waals surface area contributed by atoms with E-state index in [-0.39, 0.29) is 0 Å². The van der Waals surface area contributed by atoms with Gasteiger partial charge in [0.15, 0.2) is 0 Å². The number of nitrogens with zero attached hydrogens (tertiary/aromatic N) is 2. The Balaban J connectivity index is 0.000000404. The van der Waals surface area contributed by atoms with Crippen molar-refractivity contribution in [3.63, 3.8) is 0 Å². The Morgan fingerprint density at radius 3 is 2.93 bits per heavy atom. The van der Waals surface area contributed by atoms with E-state index in [0.717, 1.165) is 5.92 Å². The van der Waals surface area contributed by atoms with Crippen molar-refractivity contribution in [3.05, 3.63) is 29.6 Å². The third kappa shape index (κ3) is 1.57. The second-order valence-corrected chi connectivity index (χ2v) is 4.04. The zero-order chi connectivity index (χ0) is 10.8. The molecule has 0 radical (unpaired) electrons. The van der Waals surface area contributed by atoms with Crippen molar-refractivity contribution < 1.29 is 0 Å². The van der Waals surface area contributed by atoms with Crippen LogP contribution in [0.5, 0.6) is 0 Å². The van der Waals surface area contributed by atoms with Crippen molar-refractivity contribution in [3.8, 4) is 0 Å². The van der Waals surface area contributed by atoms with Crippen LogP contribution in [-0.4, -0.2) is 23.0 Å². The van der Waals surface area contributed by atoms with Crippen molar-refractivity contribution in [2.45, 2.75) is 39.2 Å². The Hall–Kier alpha value is -0.890. The predicted molar refractivity (Wildman–Crippen MR) is 62.9 cm³/mol.